The van der Waals surface area contributed by atoms with Gasteiger partial charge in [0.25, 0.3) is 0 Å². The zero-order valence-electron chi connectivity index (χ0n) is 7.88. The monoisotopic (exact) mass is 276 g/mol. The van der Waals surface area contributed by atoms with Gasteiger partial charge in [-0.25, -0.2) is 0 Å². The Hall–Kier alpha value is -0.540. The van der Waals surface area contributed by atoms with E-state index in [1.807, 2.05) is 0 Å². The van der Waals surface area contributed by atoms with Crippen LogP contribution in [0.1, 0.15) is 17.3 Å². The Morgan fingerprint density at radius 1 is 1.57 bits per heavy atom. The third kappa shape index (κ3) is 2.49. The summed E-state index contributed by atoms with van der Waals surface area (Å²) in [5, 5.41) is -0.514. The van der Waals surface area contributed by atoms with Crippen molar-refractivity contribution in [2.45, 2.75) is 12.3 Å². The summed E-state index contributed by atoms with van der Waals surface area (Å²) < 4.78 is 5.72. The summed E-state index contributed by atoms with van der Waals surface area (Å²) in [6.45, 7) is 1.65. The number of ether oxygens (including phenoxy) is 1. The highest BCUT2D eigenvalue weighted by atomic mass is 79.9. The molecule has 1 aromatic rings. The van der Waals surface area contributed by atoms with Crippen LogP contribution in [0.3, 0.4) is 0 Å². The van der Waals surface area contributed by atoms with Crippen molar-refractivity contribution >= 4 is 33.3 Å². The zero-order chi connectivity index (χ0) is 10.7. The smallest absolute Gasteiger partial charge is 0.181 e. The molecule has 0 aliphatic carbocycles. The highest BCUT2D eigenvalue weighted by Crippen LogP contribution is 2.24. The number of Topliss-reactive ketones (excluding diaryl/α,β-unsaturated/α-hetero) is 1. The van der Waals surface area contributed by atoms with Crippen LogP contribution in [0, 0.1) is 0 Å². The van der Waals surface area contributed by atoms with Gasteiger partial charge in [-0.15, -0.1) is 11.6 Å². The van der Waals surface area contributed by atoms with Crippen LogP contribution in [0.15, 0.2) is 22.7 Å². The van der Waals surface area contributed by atoms with Gasteiger partial charge in [0.1, 0.15) is 5.75 Å². The molecule has 0 saturated carbocycles. The molecule has 1 atom stereocenters. The molecule has 0 fully saturated rings. The summed E-state index contributed by atoms with van der Waals surface area (Å²) in [5.74, 6) is 0.608. The molecular formula is C10H10BrClO2. The van der Waals surface area contributed by atoms with E-state index in [2.05, 4.69) is 15.9 Å². The lowest BCUT2D eigenvalue weighted by atomic mass is 10.1. The Kier molecular flexibility index (Phi) is 3.96. The Bertz CT molecular complexity index is 350. The standard InChI is InChI=1S/C10H10BrClO2/c1-6(12)10(13)8-4-3-7(14-2)5-9(8)11/h3-6H,1-2H3. The number of carbonyl (C=O) groups excluding carboxylic acids is 1. The van der Waals surface area contributed by atoms with Crippen LogP contribution in [0.4, 0.5) is 0 Å². The Labute approximate surface area is 96.3 Å². The van der Waals surface area contributed by atoms with Gasteiger partial charge in [0.2, 0.25) is 0 Å². The highest BCUT2D eigenvalue weighted by molar-refractivity contribution is 9.10. The van der Waals surface area contributed by atoms with Gasteiger partial charge in [-0.05, 0) is 41.1 Å². The summed E-state index contributed by atoms with van der Waals surface area (Å²) in [6.07, 6.45) is 0. The van der Waals surface area contributed by atoms with Crippen molar-refractivity contribution in [1.82, 2.24) is 0 Å². The molecule has 0 spiro atoms. The van der Waals surface area contributed by atoms with Gasteiger partial charge in [0.05, 0.1) is 12.5 Å². The molecule has 4 heteroatoms. The van der Waals surface area contributed by atoms with Crippen molar-refractivity contribution in [3.8, 4) is 5.75 Å². The molecule has 0 aromatic heterocycles. The van der Waals surface area contributed by atoms with E-state index in [0.717, 1.165) is 0 Å². The molecule has 0 saturated heterocycles. The molecule has 0 aliphatic rings. The maximum absolute atomic E-state index is 11.6. The van der Waals surface area contributed by atoms with E-state index in [0.29, 0.717) is 15.8 Å². The van der Waals surface area contributed by atoms with E-state index in [4.69, 9.17) is 16.3 Å². The second-order valence-corrected chi connectivity index (χ2v) is 4.34. The van der Waals surface area contributed by atoms with Crippen molar-refractivity contribution in [1.29, 1.82) is 0 Å². The van der Waals surface area contributed by atoms with Gasteiger partial charge in [-0.3, -0.25) is 4.79 Å². The average molecular weight is 278 g/mol. The molecule has 1 rings (SSSR count). The fourth-order valence-corrected chi connectivity index (χ4v) is 1.71. The largest absolute Gasteiger partial charge is 0.497 e. The highest BCUT2D eigenvalue weighted by Gasteiger charge is 2.15. The average Bonchev–Trinajstić information content (AvgIpc) is 2.16. The minimum absolute atomic E-state index is 0.0961. The summed E-state index contributed by atoms with van der Waals surface area (Å²) in [7, 11) is 1.58. The molecular weight excluding hydrogens is 267 g/mol. The molecule has 0 heterocycles. The number of alkyl halides is 1. The van der Waals surface area contributed by atoms with Gasteiger partial charge in [-0.1, -0.05) is 0 Å². The molecule has 0 radical (unpaired) electrons. The van der Waals surface area contributed by atoms with E-state index < -0.39 is 5.38 Å². The van der Waals surface area contributed by atoms with E-state index in [-0.39, 0.29) is 5.78 Å². The number of hydrogen-bond acceptors (Lipinski definition) is 2. The number of ketones is 1. The SMILES string of the molecule is COc1ccc(C(=O)C(C)Cl)c(Br)c1. The minimum atomic E-state index is -0.514. The molecule has 1 aromatic carbocycles. The number of rotatable bonds is 3. The number of benzene rings is 1. The number of hydrogen-bond donors (Lipinski definition) is 0. The zero-order valence-corrected chi connectivity index (χ0v) is 10.2. The van der Waals surface area contributed by atoms with Crippen LogP contribution >= 0.6 is 27.5 Å². The molecule has 14 heavy (non-hydrogen) atoms. The van der Waals surface area contributed by atoms with Crippen LogP contribution in [0.25, 0.3) is 0 Å². The van der Waals surface area contributed by atoms with Crippen LogP contribution in [-0.2, 0) is 0 Å². The molecule has 0 bridgehead atoms. The van der Waals surface area contributed by atoms with E-state index >= 15 is 0 Å². The molecule has 0 amide bonds. The first-order chi connectivity index (χ1) is 6.56. The van der Waals surface area contributed by atoms with Gasteiger partial charge >= 0.3 is 0 Å². The number of methoxy groups -OCH3 is 1. The van der Waals surface area contributed by atoms with Crippen molar-refractivity contribution < 1.29 is 9.53 Å². The molecule has 1 unspecified atom stereocenters. The summed E-state index contributed by atoms with van der Waals surface area (Å²) in [6, 6.07) is 5.17. The summed E-state index contributed by atoms with van der Waals surface area (Å²) in [4.78, 5) is 11.6. The van der Waals surface area contributed by atoms with Gasteiger partial charge in [-0.2, -0.15) is 0 Å². The van der Waals surface area contributed by atoms with Crippen molar-refractivity contribution in [2.24, 2.45) is 0 Å². The Morgan fingerprint density at radius 2 is 2.21 bits per heavy atom. The summed E-state index contributed by atoms with van der Waals surface area (Å²) >= 11 is 9.00. The molecule has 0 N–H and O–H groups in total. The van der Waals surface area contributed by atoms with E-state index in [1.54, 1.807) is 32.2 Å². The van der Waals surface area contributed by atoms with Crippen LogP contribution in [-0.4, -0.2) is 18.3 Å². The van der Waals surface area contributed by atoms with Crippen LogP contribution < -0.4 is 4.74 Å². The third-order valence-electron chi connectivity index (χ3n) is 1.80. The lowest BCUT2D eigenvalue weighted by Gasteiger charge is -2.06. The quantitative estimate of drug-likeness (QED) is 0.626. The number of halogens is 2. The normalized spacial score (nSPS) is 12.3. The lowest BCUT2D eigenvalue weighted by Crippen LogP contribution is -2.11. The maximum atomic E-state index is 11.6. The van der Waals surface area contributed by atoms with Crippen molar-refractivity contribution in [2.75, 3.05) is 7.11 Å². The Morgan fingerprint density at radius 3 is 2.64 bits per heavy atom. The predicted molar refractivity (Wildman–Crippen MR) is 60.3 cm³/mol. The maximum Gasteiger partial charge on any atom is 0.181 e. The first-order valence-electron chi connectivity index (χ1n) is 4.08. The lowest BCUT2D eigenvalue weighted by molar-refractivity contribution is 0.0991. The van der Waals surface area contributed by atoms with Gasteiger partial charge in [0.15, 0.2) is 5.78 Å². The topological polar surface area (TPSA) is 26.3 Å². The first kappa shape index (κ1) is 11.5. The predicted octanol–water partition coefficient (Wildman–Crippen LogP) is 3.27. The second kappa shape index (κ2) is 4.80. The van der Waals surface area contributed by atoms with Gasteiger partial charge in [0, 0.05) is 10.0 Å². The molecule has 2 nitrogen and oxygen atoms in total. The van der Waals surface area contributed by atoms with Crippen molar-refractivity contribution in [3.63, 3.8) is 0 Å². The Balaban J connectivity index is 3.06. The van der Waals surface area contributed by atoms with Gasteiger partial charge < -0.3 is 4.74 Å². The summed E-state index contributed by atoms with van der Waals surface area (Å²) in [5.41, 5.74) is 0.577. The minimum Gasteiger partial charge on any atom is -0.497 e. The fraction of sp³-hybridized carbons (Fsp3) is 0.300. The molecule has 0 aliphatic heterocycles. The second-order valence-electron chi connectivity index (χ2n) is 2.83. The molecule has 76 valence electrons. The van der Waals surface area contributed by atoms with E-state index in [1.165, 1.54) is 0 Å². The first-order valence-corrected chi connectivity index (χ1v) is 5.31. The fourth-order valence-electron chi connectivity index (χ4n) is 1.04. The van der Waals surface area contributed by atoms with Crippen LogP contribution in [0.5, 0.6) is 5.75 Å². The van der Waals surface area contributed by atoms with Crippen molar-refractivity contribution in [3.05, 3.63) is 28.2 Å². The number of carbonyl (C=O) groups is 1. The third-order valence-corrected chi connectivity index (χ3v) is 2.66. The van der Waals surface area contributed by atoms with E-state index in [9.17, 15) is 4.79 Å². The van der Waals surface area contributed by atoms with Crippen LogP contribution in [0.2, 0.25) is 0 Å².